The number of hydrogen-bond donors (Lipinski definition) is 0. The van der Waals surface area contributed by atoms with Crippen LogP contribution in [0, 0.1) is 5.92 Å². The molecule has 0 amide bonds. The van der Waals surface area contributed by atoms with Gasteiger partial charge in [0.2, 0.25) is 0 Å². The fourth-order valence-corrected chi connectivity index (χ4v) is 2.73. The van der Waals surface area contributed by atoms with Crippen molar-refractivity contribution in [2.24, 2.45) is 5.92 Å². The fourth-order valence-electron chi connectivity index (χ4n) is 1.89. The summed E-state index contributed by atoms with van der Waals surface area (Å²) in [5.41, 5.74) is 0. The Morgan fingerprint density at radius 3 is 2.22 bits per heavy atom. The Morgan fingerprint density at radius 1 is 1.04 bits per heavy atom. The topological polar surface area (TPSA) is 52.6 Å². The van der Waals surface area contributed by atoms with E-state index in [9.17, 15) is 9.59 Å². The van der Waals surface area contributed by atoms with Gasteiger partial charge in [0.05, 0.1) is 13.2 Å². The summed E-state index contributed by atoms with van der Waals surface area (Å²) in [6, 6.07) is 10.2. The van der Waals surface area contributed by atoms with Crippen LogP contribution in [0.5, 0.6) is 0 Å². The lowest BCUT2D eigenvalue weighted by Crippen LogP contribution is -2.27. The van der Waals surface area contributed by atoms with Crippen LogP contribution in [0.3, 0.4) is 0 Å². The van der Waals surface area contributed by atoms with Crippen molar-refractivity contribution in [2.45, 2.75) is 31.6 Å². The van der Waals surface area contributed by atoms with Crippen LogP contribution in [-0.4, -0.2) is 30.9 Å². The number of carbonyl (C=O) groups is 2. The third kappa shape index (κ3) is 7.88. The molecule has 0 saturated carbocycles. The van der Waals surface area contributed by atoms with Crippen molar-refractivity contribution in [2.75, 3.05) is 19.0 Å². The van der Waals surface area contributed by atoms with Crippen LogP contribution in [0.15, 0.2) is 47.4 Å². The molecule has 0 heterocycles. The van der Waals surface area contributed by atoms with Crippen molar-refractivity contribution in [1.29, 1.82) is 0 Å². The van der Waals surface area contributed by atoms with Gasteiger partial charge in [0.1, 0.15) is 0 Å². The second-order valence-electron chi connectivity index (χ2n) is 4.71. The molecule has 0 aliphatic rings. The van der Waals surface area contributed by atoms with Crippen molar-refractivity contribution < 1.29 is 19.1 Å². The third-order valence-corrected chi connectivity index (χ3v) is 4.02. The lowest BCUT2D eigenvalue weighted by Gasteiger charge is -2.12. The molecule has 0 atom stereocenters. The monoisotopic (exact) mass is 336 g/mol. The predicted octanol–water partition coefficient (Wildman–Crippen LogP) is 3.86. The molecule has 0 radical (unpaired) electrons. The molecule has 4 nitrogen and oxygen atoms in total. The lowest BCUT2D eigenvalue weighted by atomic mass is 10.1. The minimum absolute atomic E-state index is 0.256. The number of rotatable bonds is 10. The average molecular weight is 336 g/mol. The maximum absolute atomic E-state index is 11.8. The van der Waals surface area contributed by atoms with Crippen LogP contribution in [0.25, 0.3) is 0 Å². The summed E-state index contributed by atoms with van der Waals surface area (Å²) in [4.78, 5) is 24.8. The molecular formula is C18H24O4S. The molecule has 0 unspecified atom stereocenters. The summed E-state index contributed by atoms with van der Waals surface area (Å²) in [7, 11) is 0. The molecule has 0 aliphatic carbocycles. The second kappa shape index (κ2) is 11.8. The molecule has 0 saturated heterocycles. The maximum Gasteiger partial charge on any atom is 0.320 e. The molecule has 126 valence electrons. The van der Waals surface area contributed by atoms with Crippen LogP contribution < -0.4 is 0 Å². The van der Waals surface area contributed by atoms with Gasteiger partial charge in [-0.15, -0.1) is 11.8 Å². The molecule has 0 spiro atoms. The predicted molar refractivity (Wildman–Crippen MR) is 92.3 cm³/mol. The minimum Gasteiger partial charge on any atom is -0.465 e. The number of hydrogen-bond acceptors (Lipinski definition) is 5. The molecule has 0 aromatic heterocycles. The van der Waals surface area contributed by atoms with E-state index in [0.717, 1.165) is 12.2 Å². The summed E-state index contributed by atoms with van der Waals surface area (Å²) in [5, 5.41) is 0. The number of allylic oxidation sites excluding steroid dienone is 2. The van der Waals surface area contributed by atoms with E-state index in [4.69, 9.17) is 9.47 Å². The van der Waals surface area contributed by atoms with E-state index in [1.54, 1.807) is 25.6 Å². The van der Waals surface area contributed by atoms with E-state index in [-0.39, 0.29) is 13.2 Å². The molecule has 0 N–H and O–H groups in total. The largest absolute Gasteiger partial charge is 0.465 e. The number of esters is 2. The van der Waals surface area contributed by atoms with Crippen LogP contribution in [0.1, 0.15) is 26.7 Å². The van der Waals surface area contributed by atoms with Crippen LogP contribution in [0.2, 0.25) is 0 Å². The maximum atomic E-state index is 11.8. The van der Waals surface area contributed by atoms with Gasteiger partial charge in [-0.3, -0.25) is 9.59 Å². The highest BCUT2D eigenvalue weighted by Gasteiger charge is 2.27. The second-order valence-corrected chi connectivity index (χ2v) is 5.88. The summed E-state index contributed by atoms with van der Waals surface area (Å²) in [5.74, 6) is -0.958. The van der Waals surface area contributed by atoms with Gasteiger partial charge in [0.25, 0.3) is 0 Å². The zero-order valence-corrected chi connectivity index (χ0v) is 14.5. The molecule has 0 bridgehead atoms. The summed E-state index contributed by atoms with van der Waals surface area (Å²) < 4.78 is 9.86. The van der Waals surface area contributed by atoms with Gasteiger partial charge in [-0.25, -0.2) is 0 Å². The molecule has 0 fully saturated rings. The highest BCUT2D eigenvalue weighted by Crippen LogP contribution is 2.18. The van der Waals surface area contributed by atoms with Crippen LogP contribution in [-0.2, 0) is 19.1 Å². The van der Waals surface area contributed by atoms with Gasteiger partial charge < -0.3 is 9.47 Å². The van der Waals surface area contributed by atoms with Crippen molar-refractivity contribution in [3.8, 4) is 0 Å². The lowest BCUT2D eigenvalue weighted by molar-refractivity contribution is -0.161. The Morgan fingerprint density at radius 2 is 1.65 bits per heavy atom. The molecule has 0 aliphatic heterocycles. The van der Waals surface area contributed by atoms with Gasteiger partial charge in [0, 0.05) is 10.6 Å². The molecule has 5 heteroatoms. The van der Waals surface area contributed by atoms with Crippen LogP contribution >= 0.6 is 11.8 Å². The first-order valence-corrected chi connectivity index (χ1v) is 8.83. The normalized spacial score (nSPS) is 10.9. The summed E-state index contributed by atoms with van der Waals surface area (Å²) >= 11 is 1.77. The van der Waals surface area contributed by atoms with E-state index in [0.29, 0.717) is 6.42 Å². The Kier molecular flexibility index (Phi) is 9.87. The highest BCUT2D eigenvalue weighted by atomic mass is 32.2. The standard InChI is InChI=1S/C18H24O4S/c1-3-21-17(19)16(18(20)22-4-2)13-9-6-10-14-23-15-11-7-5-8-12-15/h5-9,11-12,16H,3-4,10,13-14H2,1-2H3/b9-6+. The third-order valence-electron chi connectivity index (χ3n) is 2.98. The van der Waals surface area contributed by atoms with E-state index < -0.39 is 17.9 Å². The first-order chi connectivity index (χ1) is 11.2. The quantitative estimate of drug-likeness (QED) is 0.213. The van der Waals surface area contributed by atoms with Gasteiger partial charge >= 0.3 is 11.9 Å². The molecular weight excluding hydrogens is 312 g/mol. The number of benzene rings is 1. The first kappa shape index (κ1) is 19.3. The zero-order valence-electron chi connectivity index (χ0n) is 13.7. The summed E-state index contributed by atoms with van der Waals surface area (Å²) in [6.07, 6.45) is 5.02. The first-order valence-electron chi connectivity index (χ1n) is 7.85. The number of thioether (sulfide) groups is 1. The van der Waals surface area contributed by atoms with Crippen molar-refractivity contribution in [1.82, 2.24) is 0 Å². The van der Waals surface area contributed by atoms with Gasteiger partial charge in [-0.1, -0.05) is 30.4 Å². The van der Waals surface area contributed by atoms with E-state index in [1.165, 1.54) is 4.90 Å². The van der Waals surface area contributed by atoms with Crippen LogP contribution in [0.4, 0.5) is 0 Å². The Bertz CT molecular complexity index is 481. The minimum atomic E-state index is -0.868. The van der Waals surface area contributed by atoms with Gasteiger partial charge in [-0.2, -0.15) is 0 Å². The molecule has 1 rings (SSSR count). The zero-order chi connectivity index (χ0) is 16.9. The number of carbonyl (C=O) groups excluding carboxylic acids is 2. The Labute approximate surface area is 142 Å². The van der Waals surface area contributed by atoms with E-state index in [2.05, 4.69) is 12.1 Å². The van der Waals surface area contributed by atoms with Gasteiger partial charge in [-0.05, 0) is 38.8 Å². The molecule has 1 aromatic carbocycles. The van der Waals surface area contributed by atoms with Crippen molar-refractivity contribution in [3.05, 3.63) is 42.5 Å². The molecule has 1 aromatic rings. The number of ether oxygens (including phenoxy) is 2. The SMILES string of the molecule is CCOC(=O)C(C/C=C/CCSc1ccccc1)C(=O)OCC. The van der Waals surface area contributed by atoms with E-state index in [1.807, 2.05) is 30.4 Å². The van der Waals surface area contributed by atoms with E-state index >= 15 is 0 Å². The fraction of sp³-hybridized carbons (Fsp3) is 0.444. The van der Waals surface area contributed by atoms with Crippen molar-refractivity contribution in [3.63, 3.8) is 0 Å². The Balaban J connectivity index is 2.37. The Hall–Kier alpha value is -1.75. The highest BCUT2D eigenvalue weighted by molar-refractivity contribution is 7.99. The average Bonchev–Trinajstić information content (AvgIpc) is 2.55. The molecule has 23 heavy (non-hydrogen) atoms. The van der Waals surface area contributed by atoms with Gasteiger partial charge in [0.15, 0.2) is 5.92 Å². The smallest absolute Gasteiger partial charge is 0.320 e. The van der Waals surface area contributed by atoms with Crippen molar-refractivity contribution >= 4 is 23.7 Å². The summed E-state index contributed by atoms with van der Waals surface area (Å²) in [6.45, 7) is 3.95.